The number of carbonyl (C=O) groups excluding carboxylic acids is 1. The molecule has 5 heteroatoms. The van der Waals surface area contributed by atoms with Crippen molar-refractivity contribution >= 4 is 17.5 Å². The van der Waals surface area contributed by atoms with Gasteiger partial charge in [-0.3, -0.25) is 4.79 Å². The molecule has 0 aromatic heterocycles. The Morgan fingerprint density at radius 2 is 1.84 bits per heavy atom. The second-order valence-electron chi connectivity index (χ2n) is 4.23. The van der Waals surface area contributed by atoms with Gasteiger partial charge < -0.3 is 0 Å². The molecule has 1 aromatic rings. The Morgan fingerprint density at radius 3 is 2.47 bits per heavy atom. The van der Waals surface area contributed by atoms with Crippen LogP contribution in [-0.2, 0) is 0 Å². The number of ketones is 1. The molecule has 0 saturated heterocycles. The van der Waals surface area contributed by atoms with E-state index < -0.39 is 12.0 Å². The van der Waals surface area contributed by atoms with Gasteiger partial charge in [-0.05, 0) is 24.3 Å². The monoisotopic (exact) mass is 290 g/mol. The first-order chi connectivity index (χ1) is 8.96. The topological polar surface area (TPSA) is 17.1 Å². The Balaban J connectivity index is 2.66. The largest absolute Gasteiger partial charge is 0.454 e. The molecule has 0 spiro atoms. The predicted molar refractivity (Wildman–Crippen MR) is 71.7 cm³/mol. The fourth-order valence-electron chi connectivity index (χ4n) is 1.64. The molecular formula is C14H17F3OS. The zero-order chi connectivity index (χ0) is 14.3. The van der Waals surface area contributed by atoms with Crippen LogP contribution in [-0.4, -0.2) is 17.7 Å². The van der Waals surface area contributed by atoms with Crippen LogP contribution in [0.15, 0.2) is 29.2 Å². The van der Waals surface area contributed by atoms with Crippen molar-refractivity contribution in [1.82, 2.24) is 0 Å². The van der Waals surface area contributed by atoms with Crippen LogP contribution in [0.5, 0.6) is 0 Å². The molecule has 0 aliphatic rings. The molecule has 0 heterocycles. The number of hydrogen-bond donors (Lipinski definition) is 0. The molecule has 0 saturated carbocycles. The van der Waals surface area contributed by atoms with Crippen molar-refractivity contribution in [2.75, 3.05) is 5.75 Å². The lowest BCUT2D eigenvalue weighted by Crippen LogP contribution is -2.23. The predicted octanol–water partition coefficient (Wildman–Crippen LogP) is 5.10. The van der Waals surface area contributed by atoms with Gasteiger partial charge in [-0.2, -0.15) is 13.2 Å². The van der Waals surface area contributed by atoms with Gasteiger partial charge in [0, 0.05) is 10.5 Å². The van der Waals surface area contributed by atoms with E-state index in [9.17, 15) is 18.0 Å². The Kier molecular flexibility index (Phi) is 6.42. The molecule has 1 rings (SSSR count). The van der Waals surface area contributed by atoms with Crippen molar-refractivity contribution in [3.63, 3.8) is 0 Å². The number of benzene rings is 1. The van der Waals surface area contributed by atoms with E-state index >= 15 is 0 Å². The van der Waals surface area contributed by atoms with Crippen molar-refractivity contribution in [2.45, 2.75) is 43.7 Å². The van der Waals surface area contributed by atoms with E-state index in [1.54, 1.807) is 12.1 Å². The van der Waals surface area contributed by atoms with Gasteiger partial charge in [0.05, 0.1) is 0 Å². The Hall–Kier alpha value is -0.970. The number of thioether (sulfide) groups is 1. The fourth-order valence-corrected chi connectivity index (χ4v) is 2.70. The smallest absolute Gasteiger partial charge is 0.284 e. The number of Topliss-reactive ketones (excluding diaryl/α,β-unsaturated/α-hetero) is 1. The zero-order valence-corrected chi connectivity index (χ0v) is 11.6. The van der Waals surface area contributed by atoms with Gasteiger partial charge in [0.15, 0.2) is 0 Å². The lowest BCUT2D eigenvalue weighted by molar-refractivity contribution is -0.0887. The zero-order valence-electron chi connectivity index (χ0n) is 10.8. The number of halogens is 3. The van der Waals surface area contributed by atoms with E-state index in [2.05, 4.69) is 6.92 Å². The Labute approximate surface area is 115 Å². The Morgan fingerprint density at radius 1 is 1.16 bits per heavy atom. The van der Waals surface area contributed by atoms with E-state index in [0.29, 0.717) is 4.90 Å². The fraction of sp³-hybridized carbons (Fsp3) is 0.500. The van der Waals surface area contributed by atoms with Crippen LogP contribution in [0.2, 0.25) is 0 Å². The standard InChI is InChI=1S/C14H17F3OS/c1-2-3-4-7-10-19-12-9-6-5-8-11(12)13(18)14(15,16)17/h5-6,8-9H,2-4,7,10H2,1H3. The van der Waals surface area contributed by atoms with Crippen molar-refractivity contribution in [2.24, 2.45) is 0 Å². The summed E-state index contributed by atoms with van der Waals surface area (Å²) in [7, 11) is 0. The quantitative estimate of drug-likeness (QED) is 0.394. The van der Waals surface area contributed by atoms with Crippen molar-refractivity contribution in [3.05, 3.63) is 29.8 Å². The number of carbonyl (C=O) groups is 1. The molecule has 0 unspecified atom stereocenters. The molecular weight excluding hydrogens is 273 g/mol. The molecule has 1 nitrogen and oxygen atoms in total. The SMILES string of the molecule is CCCCCCSc1ccccc1C(=O)C(F)(F)F. The summed E-state index contributed by atoms with van der Waals surface area (Å²) in [6.45, 7) is 2.10. The third-order valence-corrected chi connectivity index (χ3v) is 3.80. The van der Waals surface area contributed by atoms with Crippen LogP contribution in [0.4, 0.5) is 13.2 Å². The maximum atomic E-state index is 12.4. The van der Waals surface area contributed by atoms with Crippen molar-refractivity contribution < 1.29 is 18.0 Å². The molecule has 0 bridgehead atoms. The van der Waals surface area contributed by atoms with Gasteiger partial charge in [-0.25, -0.2) is 0 Å². The van der Waals surface area contributed by atoms with Crippen LogP contribution in [0, 0.1) is 0 Å². The molecule has 19 heavy (non-hydrogen) atoms. The van der Waals surface area contributed by atoms with Crippen molar-refractivity contribution in [1.29, 1.82) is 0 Å². The van der Waals surface area contributed by atoms with Crippen LogP contribution < -0.4 is 0 Å². The second kappa shape index (κ2) is 7.58. The number of unbranched alkanes of at least 4 members (excludes halogenated alkanes) is 3. The van der Waals surface area contributed by atoms with Crippen LogP contribution in [0.25, 0.3) is 0 Å². The summed E-state index contributed by atoms with van der Waals surface area (Å²) < 4.78 is 37.3. The first-order valence-electron chi connectivity index (χ1n) is 6.30. The van der Waals surface area contributed by atoms with Crippen LogP contribution >= 0.6 is 11.8 Å². The van der Waals surface area contributed by atoms with E-state index in [1.807, 2.05) is 0 Å². The number of hydrogen-bond acceptors (Lipinski definition) is 2. The molecule has 0 fully saturated rings. The minimum Gasteiger partial charge on any atom is -0.284 e. The van der Waals surface area contributed by atoms with Gasteiger partial charge in [0.25, 0.3) is 5.78 Å². The molecule has 106 valence electrons. The molecule has 0 N–H and O–H groups in total. The summed E-state index contributed by atoms with van der Waals surface area (Å²) in [5, 5.41) is 0. The number of rotatable bonds is 7. The highest BCUT2D eigenvalue weighted by molar-refractivity contribution is 7.99. The first kappa shape index (κ1) is 16.1. The molecule has 1 aromatic carbocycles. The van der Waals surface area contributed by atoms with E-state index in [0.717, 1.165) is 31.4 Å². The van der Waals surface area contributed by atoms with Gasteiger partial charge in [0.1, 0.15) is 0 Å². The third kappa shape index (κ3) is 5.27. The highest BCUT2D eigenvalue weighted by atomic mass is 32.2. The van der Waals surface area contributed by atoms with E-state index in [-0.39, 0.29) is 5.56 Å². The molecule has 0 radical (unpaired) electrons. The third-order valence-electron chi connectivity index (χ3n) is 2.64. The van der Waals surface area contributed by atoms with Crippen LogP contribution in [0.3, 0.4) is 0 Å². The second-order valence-corrected chi connectivity index (χ2v) is 5.37. The van der Waals surface area contributed by atoms with Gasteiger partial charge in [-0.15, -0.1) is 11.8 Å². The van der Waals surface area contributed by atoms with Gasteiger partial charge >= 0.3 is 6.18 Å². The summed E-state index contributed by atoms with van der Waals surface area (Å²) >= 11 is 1.32. The summed E-state index contributed by atoms with van der Waals surface area (Å²) in [6, 6.07) is 5.93. The highest BCUT2D eigenvalue weighted by Crippen LogP contribution is 2.29. The van der Waals surface area contributed by atoms with E-state index in [1.165, 1.54) is 23.9 Å². The Bertz CT molecular complexity index is 415. The lowest BCUT2D eigenvalue weighted by atomic mass is 10.1. The van der Waals surface area contributed by atoms with Gasteiger partial charge in [-0.1, -0.05) is 38.3 Å². The summed E-state index contributed by atoms with van der Waals surface area (Å²) in [5.74, 6) is -1.02. The minimum atomic E-state index is -4.81. The normalized spacial score (nSPS) is 11.6. The average Bonchev–Trinajstić information content (AvgIpc) is 2.37. The molecule has 0 aliphatic carbocycles. The maximum absolute atomic E-state index is 12.4. The number of alkyl halides is 3. The molecule has 0 aliphatic heterocycles. The van der Waals surface area contributed by atoms with Gasteiger partial charge in [0.2, 0.25) is 0 Å². The molecule has 0 atom stereocenters. The van der Waals surface area contributed by atoms with Crippen LogP contribution in [0.1, 0.15) is 43.0 Å². The lowest BCUT2D eigenvalue weighted by Gasteiger charge is -2.10. The average molecular weight is 290 g/mol. The molecule has 0 amide bonds. The maximum Gasteiger partial charge on any atom is 0.454 e. The first-order valence-corrected chi connectivity index (χ1v) is 7.28. The minimum absolute atomic E-state index is 0.240. The summed E-state index contributed by atoms with van der Waals surface area (Å²) in [4.78, 5) is 11.7. The van der Waals surface area contributed by atoms with Crippen molar-refractivity contribution in [3.8, 4) is 0 Å². The van der Waals surface area contributed by atoms with E-state index in [4.69, 9.17) is 0 Å². The summed E-state index contributed by atoms with van der Waals surface area (Å²) in [6.07, 6.45) is -0.539. The summed E-state index contributed by atoms with van der Waals surface area (Å²) in [5.41, 5.74) is -0.240. The highest BCUT2D eigenvalue weighted by Gasteiger charge is 2.40.